The molecule has 0 radical (unpaired) electrons. The number of aromatic amines is 1. The number of amides is 1. The molecule has 12 rings (SSSR count). The van der Waals surface area contributed by atoms with Gasteiger partial charge in [-0.15, -0.1) is 0 Å². The zero-order valence-electron chi connectivity index (χ0n) is 37.8. The van der Waals surface area contributed by atoms with Crippen LogP contribution >= 0.6 is 0 Å². The van der Waals surface area contributed by atoms with Gasteiger partial charge in [0.25, 0.3) is 5.91 Å². The van der Waals surface area contributed by atoms with E-state index in [0.29, 0.717) is 64.0 Å². The fourth-order valence-electron chi connectivity index (χ4n) is 11.4. The second-order valence-corrected chi connectivity index (χ2v) is 19.5. The number of halogens is 2. The van der Waals surface area contributed by atoms with Gasteiger partial charge in [0, 0.05) is 48.9 Å². The minimum absolute atomic E-state index is 0.0192. The van der Waals surface area contributed by atoms with Crippen molar-refractivity contribution in [3.05, 3.63) is 139 Å². The minimum Gasteiger partial charge on any atom is -0.377 e. The van der Waals surface area contributed by atoms with E-state index in [-0.39, 0.29) is 59.9 Å². The lowest BCUT2D eigenvalue weighted by atomic mass is 9.83. The number of carbonyl (C=O) groups is 1. The summed E-state index contributed by atoms with van der Waals surface area (Å²) >= 11 is 0. The molecule has 16 nitrogen and oxygen atoms in total. The number of ether oxygens (including phenoxy) is 2. The number of aromatic nitrogens is 9. The van der Waals surface area contributed by atoms with Crippen LogP contribution in [0.2, 0.25) is 0 Å². The Kier molecular flexibility index (Phi) is 9.01. The molecule has 2 bridgehead atoms. The standard InChI is InChI=1S/C49H48F2N10O6/c1-25-15-31(16-26(2)41(25)50)61-43(58-13-12-57(47(58)64)37-10-9-36-33(42(37)51)22-52-56(36)6)40-34(54-61)19-32-23-65-24-39(40)59(32)44(62)38-18-30-17-28(29-11-14-66-48(4,5)21-29)7-8-35(30)60(38)49(20-27(49)3)45-53-46(63)67-55-45/h7-10,12-13,15-18,22,27,29,32,39H,11,14,19-21,23-24H2,1-6H3,(H,53,55,63)/t27-,29-,32+,39+,49-/m0/s1. The number of morpholine rings is 1. The minimum atomic E-state index is -0.883. The van der Waals surface area contributed by atoms with E-state index in [0.717, 1.165) is 29.3 Å². The highest BCUT2D eigenvalue weighted by Crippen LogP contribution is 2.56. The van der Waals surface area contributed by atoms with E-state index in [1.165, 1.54) is 21.5 Å². The Bertz CT molecular complexity index is 3470. The summed E-state index contributed by atoms with van der Waals surface area (Å²) in [5.41, 5.74) is 3.73. The predicted octanol–water partition coefficient (Wildman–Crippen LogP) is 6.82. The second-order valence-electron chi connectivity index (χ2n) is 19.5. The van der Waals surface area contributed by atoms with Crippen molar-refractivity contribution < 1.29 is 27.6 Å². The van der Waals surface area contributed by atoms with Crippen molar-refractivity contribution in [1.82, 2.24) is 48.3 Å². The molecule has 0 unspecified atom stereocenters. The van der Waals surface area contributed by atoms with Crippen molar-refractivity contribution in [3.63, 3.8) is 0 Å². The summed E-state index contributed by atoms with van der Waals surface area (Å²) in [7, 11) is 1.72. The molecule has 67 heavy (non-hydrogen) atoms. The maximum atomic E-state index is 16.2. The Morgan fingerprint density at radius 3 is 2.43 bits per heavy atom. The Labute approximate surface area is 381 Å². The summed E-state index contributed by atoms with van der Waals surface area (Å²) in [5.74, 6) is -1.03. The number of hydrogen-bond acceptors (Lipinski definition) is 9. The topological polar surface area (TPSA) is 165 Å². The van der Waals surface area contributed by atoms with E-state index < -0.39 is 34.9 Å². The zero-order valence-corrected chi connectivity index (χ0v) is 37.8. The highest BCUT2D eigenvalue weighted by molar-refractivity contribution is 6.00. The van der Waals surface area contributed by atoms with Crippen LogP contribution < -0.4 is 11.4 Å². The summed E-state index contributed by atoms with van der Waals surface area (Å²) in [6.07, 6.45) is 7.07. The molecule has 1 saturated carbocycles. The van der Waals surface area contributed by atoms with Gasteiger partial charge in [0.15, 0.2) is 11.6 Å². The average Bonchev–Trinajstić information content (AvgIpc) is 3.92. The van der Waals surface area contributed by atoms with Crippen molar-refractivity contribution >= 4 is 27.7 Å². The molecule has 3 aromatic carbocycles. The summed E-state index contributed by atoms with van der Waals surface area (Å²) in [6, 6.07) is 13.7. The first-order valence-corrected chi connectivity index (χ1v) is 22.7. The molecule has 5 atom stereocenters. The molecule has 3 fully saturated rings. The van der Waals surface area contributed by atoms with Crippen LogP contribution in [-0.2, 0) is 28.5 Å². The van der Waals surface area contributed by atoms with Crippen molar-refractivity contribution in [2.24, 2.45) is 13.0 Å². The largest absolute Gasteiger partial charge is 0.438 e. The molecule has 3 aliphatic heterocycles. The third kappa shape index (κ3) is 6.14. The molecule has 8 aromatic rings. The summed E-state index contributed by atoms with van der Waals surface area (Å²) in [5, 5.41) is 14.7. The van der Waals surface area contributed by atoms with Crippen LogP contribution in [0.1, 0.15) is 96.3 Å². The third-order valence-electron chi connectivity index (χ3n) is 14.8. The maximum absolute atomic E-state index is 16.2. The van der Waals surface area contributed by atoms with Crippen LogP contribution in [0.25, 0.3) is 39.0 Å². The van der Waals surface area contributed by atoms with Gasteiger partial charge in [-0.2, -0.15) is 10.2 Å². The number of aryl methyl sites for hydroxylation is 3. The van der Waals surface area contributed by atoms with Gasteiger partial charge in [-0.1, -0.05) is 18.1 Å². The Morgan fingerprint density at radius 2 is 1.70 bits per heavy atom. The Balaban J connectivity index is 1.03. The molecular weight excluding hydrogens is 863 g/mol. The number of rotatable bonds is 7. The van der Waals surface area contributed by atoms with Crippen molar-refractivity contribution in [2.75, 3.05) is 19.8 Å². The average molecular weight is 911 g/mol. The fourth-order valence-corrected chi connectivity index (χ4v) is 11.4. The lowest BCUT2D eigenvalue weighted by Gasteiger charge is -2.45. The van der Waals surface area contributed by atoms with E-state index in [1.807, 2.05) is 15.5 Å². The summed E-state index contributed by atoms with van der Waals surface area (Å²) < 4.78 is 56.7. The van der Waals surface area contributed by atoms with Crippen LogP contribution in [0.4, 0.5) is 8.78 Å². The number of carbonyl (C=O) groups excluding carboxylic acids is 1. The molecule has 5 aromatic heterocycles. The van der Waals surface area contributed by atoms with Crippen LogP contribution in [0.5, 0.6) is 0 Å². The third-order valence-corrected chi connectivity index (χ3v) is 14.8. The normalized spacial score (nSPS) is 23.3. The van der Waals surface area contributed by atoms with Gasteiger partial charge in [0.05, 0.1) is 65.1 Å². The smallest absolute Gasteiger partial charge is 0.377 e. The maximum Gasteiger partial charge on any atom is 0.438 e. The molecule has 1 N–H and O–H groups in total. The van der Waals surface area contributed by atoms with Crippen LogP contribution in [-0.4, -0.2) is 85.7 Å². The quantitative estimate of drug-likeness (QED) is 0.181. The van der Waals surface area contributed by atoms with Crippen molar-refractivity contribution in [3.8, 4) is 17.2 Å². The van der Waals surface area contributed by atoms with Gasteiger partial charge in [0.1, 0.15) is 22.9 Å². The molecular formula is C49H48F2N10O6. The molecule has 344 valence electrons. The highest BCUT2D eigenvalue weighted by atomic mass is 19.1. The molecule has 18 heteroatoms. The summed E-state index contributed by atoms with van der Waals surface area (Å²) in [4.78, 5) is 47.9. The van der Waals surface area contributed by atoms with Gasteiger partial charge >= 0.3 is 11.4 Å². The van der Waals surface area contributed by atoms with Crippen LogP contribution in [0, 0.1) is 31.4 Å². The second kappa shape index (κ2) is 14.5. The van der Waals surface area contributed by atoms with E-state index in [2.05, 4.69) is 54.2 Å². The Hall–Kier alpha value is -6.92. The van der Waals surface area contributed by atoms with Crippen LogP contribution in [0.3, 0.4) is 0 Å². The van der Waals surface area contributed by atoms with E-state index >= 15 is 13.6 Å². The van der Waals surface area contributed by atoms with E-state index in [1.54, 1.807) is 60.7 Å². The van der Waals surface area contributed by atoms with Gasteiger partial charge in [-0.25, -0.2) is 23.1 Å². The zero-order chi connectivity index (χ0) is 46.4. The van der Waals surface area contributed by atoms with Gasteiger partial charge in [-0.05, 0) is 118 Å². The van der Waals surface area contributed by atoms with Gasteiger partial charge < -0.3 is 18.9 Å². The van der Waals surface area contributed by atoms with Crippen molar-refractivity contribution in [2.45, 2.75) is 89.4 Å². The highest BCUT2D eigenvalue weighted by Gasteiger charge is 2.59. The number of H-pyrrole nitrogens is 1. The summed E-state index contributed by atoms with van der Waals surface area (Å²) in [6.45, 7) is 10.6. The predicted molar refractivity (Wildman–Crippen MR) is 241 cm³/mol. The lowest BCUT2D eigenvalue weighted by molar-refractivity contribution is -0.0592. The van der Waals surface area contributed by atoms with Gasteiger partial charge in [0.2, 0.25) is 0 Å². The molecule has 1 amide bonds. The first kappa shape index (κ1) is 41.5. The monoisotopic (exact) mass is 910 g/mol. The Morgan fingerprint density at radius 1 is 0.940 bits per heavy atom. The molecule has 2 saturated heterocycles. The SMILES string of the molecule is Cc1cc(-n2nc3c(c2-n2ccn(-c4ccc5c(cnn5C)c4F)c2=O)[C@H]2COC[C@@H](C3)N2C(=O)c2cc3cc([C@H]4CCOC(C)(C)C4)ccc3n2[C@@]2(c3noc(=O)[nH]3)C[C@@H]2C)cc(C)c1F. The van der Waals surface area contributed by atoms with Gasteiger partial charge in [-0.3, -0.25) is 28.1 Å². The first-order valence-electron chi connectivity index (χ1n) is 22.7. The molecule has 8 heterocycles. The van der Waals surface area contributed by atoms with E-state index in [9.17, 15) is 9.59 Å². The number of fused-ring (bicyclic) bond motifs is 6. The lowest BCUT2D eigenvalue weighted by Crippen LogP contribution is -2.55. The molecule has 0 spiro atoms. The number of benzene rings is 3. The van der Waals surface area contributed by atoms with E-state index in [4.69, 9.17) is 19.1 Å². The van der Waals surface area contributed by atoms with Crippen molar-refractivity contribution in [1.29, 1.82) is 0 Å². The molecule has 4 aliphatic rings. The number of nitrogens with zero attached hydrogens (tertiary/aromatic N) is 9. The fraction of sp³-hybridized carbons (Fsp3) is 0.388. The van der Waals surface area contributed by atoms with Crippen LogP contribution in [0.15, 0.2) is 81.2 Å². The number of imidazole rings is 1. The number of nitrogens with one attached hydrogen (secondary N) is 1. The molecule has 1 aliphatic carbocycles. The first-order chi connectivity index (χ1) is 32.1. The number of hydrogen-bond donors (Lipinski definition) is 1.